The van der Waals surface area contributed by atoms with Gasteiger partial charge >= 0.3 is 0 Å². The van der Waals surface area contributed by atoms with Gasteiger partial charge in [0.25, 0.3) is 0 Å². The summed E-state index contributed by atoms with van der Waals surface area (Å²) in [7, 11) is -4.24. The van der Waals surface area contributed by atoms with Gasteiger partial charge in [-0.25, -0.2) is 8.42 Å². The summed E-state index contributed by atoms with van der Waals surface area (Å²) in [5, 5.41) is 39.9. The Balaban J connectivity index is 1.56. The van der Waals surface area contributed by atoms with Gasteiger partial charge in [0, 0.05) is 22.7 Å². The van der Waals surface area contributed by atoms with E-state index in [1.54, 1.807) is 107 Å². The smallest absolute Gasteiger partial charge is 0.210 e. The van der Waals surface area contributed by atoms with Gasteiger partial charge in [0.05, 0.1) is 21.2 Å². The Labute approximate surface area is 260 Å². The van der Waals surface area contributed by atoms with Crippen molar-refractivity contribution < 1.29 is 28.8 Å². The Hall–Kier alpha value is -5.93. The number of phenols is 4. The number of nitrogens with zero attached hydrogens (tertiary/aromatic N) is 2. The van der Waals surface area contributed by atoms with Crippen LogP contribution in [0.2, 0.25) is 0 Å². The second-order valence-corrected chi connectivity index (χ2v) is 12.1. The van der Waals surface area contributed by atoms with Gasteiger partial charge in [-0.05, 0) is 121 Å². The van der Waals surface area contributed by atoms with Crippen LogP contribution in [0.15, 0.2) is 155 Å². The molecule has 8 nitrogen and oxygen atoms in total. The first-order valence-electron chi connectivity index (χ1n) is 13.9. The molecule has 0 aromatic heterocycles. The molecule has 0 unspecified atom stereocenters. The number of hydrogen-bond acceptors (Lipinski definition) is 8. The number of hydrogen-bond donors (Lipinski definition) is 4. The number of sulfone groups is 1. The first-order valence-corrected chi connectivity index (χ1v) is 15.4. The fourth-order valence-corrected chi connectivity index (χ4v) is 6.74. The maximum Gasteiger partial charge on any atom is 0.210 e. The first kappa shape index (κ1) is 29.2. The lowest BCUT2D eigenvalue weighted by atomic mass is 10.2. The molecule has 0 saturated heterocycles. The molecular weight excluding hydrogens is 588 g/mol. The summed E-state index contributed by atoms with van der Waals surface area (Å²) in [5.74, 6) is 0.233. The van der Waals surface area contributed by atoms with Crippen LogP contribution in [0.3, 0.4) is 0 Å². The van der Waals surface area contributed by atoms with E-state index in [-0.39, 0.29) is 32.8 Å². The van der Waals surface area contributed by atoms with Gasteiger partial charge in [0.1, 0.15) is 23.0 Å². The number of anilines is 6. The molecule has 45 heavy (non-hydrogen) atoms. The summed E-state index contributed by atoms with van der Waals surface area (Å²) in [4.78, 5) is 3.53. The van der Waals surface area contributed by atoms with Crippen molar-refractivity contribution in [1.82, 2.24) is 0 Å². The van der Waals surface area contributed by atoms with Gasteiger partial charge in [-0.1, -0.05) is 24.3 Å². The highest BCUT2D eigenvalue weighted by molar-refractivity contribution is 7.91. The number of benzene rings is 6. The van der Waals surface area contributed by atoms with Crippen molar-refractivity contribution in [2.75, 3.05) is 9.80 Å². The normalized spacial score (nSPS) is 11.2. The Morgan fingerprint density at radius 1 is 0.356 bits per heavy atom. The fraction of sp³-hybridized carbons (Fsp3) is 0. The van der Waals surface area contributed by atoms with E-state index in [2.05, 4.69) is 0 Å². The van der Waals surface area contributed by atoms with Crippen LogP contribution >= 0.6 is 0 Å². The van der Waals surface area contributed by atoms with Crippen LogP contribution in [0.4, 0.5) is 34.1 Å². The SMILES string of the molecule is O=S(=O)(c1ccccc1N(c1ccc(O)cc1)c1ccc(O)cc1)c1ccccc1N(c1ccc(O)cc1)c1ccc(O)cc1. The molecule has 0 aliphatic heterocycles. The molecule has 4 N–H and O–H groups in total. The zero-order chi connectivity index (χ0) is 31.6. The van der Waals surface area contributed by atoms with Crippen molar-refractivity contribution >= 4 is 44.0 Å². The molecule has 9 heteroatoms. The zero-order valence-corrected chi connectivity index (χ0v) is 24.6. The number of para-hydroxylation sites is 2. The van der Waals surface area contributed by atoms with Crippen molar-refractivity contribution in [1.29, 1.82) is 0 Å². The van der Waals surface area contributed by atoms with Crippen LogP contribution in [0.5, 0.6) is 23.0 Å². The third-order valence-electron chi connectivity index (χ3n) is 7.22. The second-order valence-electron chi connectivity index (χ2n) is 10.2. The van der Waals surface area contributed by atoms with Gasteiger partial charge < -0.3 is 30.2 Å². The second kappa shape index (κ2) is 12.0. The molecule has 0 amide bonds. The minimum atomic E-state index is -4.24. The highest BCUT2D eigenvalue weighted by Crippen LogP contribution is 2.45. The summed E-state index contributed by atoms with van der Waals surface area (Å²) in [6, 6.07) is 38.8. The van der Waals surface area contributed by atoms with Gasteiger partial charge in [0.15, 0.2) is 0 Å². The van der Waals surface area contributed by atoms with E-state index < -0.39 is 9.84 Å². The van der Waals surface area contributed by atoms with Gasteiger partial charge in [-0.2, -0.15) is 0 Å². The van der Waals surface area contributed by atoms with Gasteiger partial charge in [-0.3, -0.25) is 0 Å². The third-order valence-corrected chi connectivity index (χ3v) is 9.07. The molecule has 0 aliphatic rings. The molecule has 6 aromatic rings. The summed E-state index contributed by atoms with van der Waals surface area (Å²) in [6.07, 6.45) is 0. The molecule has 6 aromatic carbocycles. The van der Waals surface area contributed by atoms with Crippen LogP contribution in [-0.4, -0.2) is 28.8 Å². The van der Waals surface area contributed by atoms with E-state index >= 15 is 0 Å². The summed E-state index contributed by atoms with van der Waals surface area (Å²) >= 11 is 0. The summed E-state index contributed by atoms with van der Waals surface area (Å²) in [6.45, 7) is 0. The Kier molecular flexibility index (Phi) is 7.76. The van der Waals surface area contributed by atoms with Crippen molar-refractivity contribution in [3.05, 3.63) is 146 Å². The summed E-state index contributed by atoms with van der Waals surface area (Å²) < 4.78 is 29.6. The van der Waals surface area contributed by atoms with E-state index in [1.807, 2.05) is 0 Å². The van der Waals surface area contributed by atoms with Gasteiger partial charge in [0.2, 0.25) is 9.84 Å². The molecule has 0 atom stereocenters. The lowest BCUT2D eigenvalue weighted by Crippen LogP contribution is -2.17. The molecule has 0 saturated carbocycles. The topological polar surface area (TPSA) is 122 Å². The van der Waals surface area contributed by atoms with E-state index in [1.165, 1.54) is 48.5 Å². The molecular formula is C36H28N2O6S. The van der Waals surface area contributed by atoms with Gasteiger partial charge in [-0.15, -0.1) is 0 Å². The van der Waals surface area contributed by atoms with E-state index in [9.17, 15) is 28.8 Å². The quantitative estimate of drug-likeness (QED) is 0.135. The van der Waals surface area contributed by atoms with Crippen molar-refractivity contribution in [2.24, 2.45) is 0 Å². The lowest BCUT2D eigenvalue weighted by Gasteiger charge is -2.29. The molecule has 224 valence electrons. The average Bonchev–Trinajstić information content (AvgIpc) is 3.05. The molecule has 0 bridgehead atoms. The standard InChI is InChI=1S/C36H28N2O6S/c39-29-17-9-25(10-18-29)37(26-11-19-30(40)20-12-26)33-5-1-3-7-35(33)45(43,44)36-8-4-2-6-34(36)38(27-13-21-31(41)22-14-27)28-15-23-32(42)24-16-28/h1-24,39-42H. The molecule has 0 spiro atoms. The predicted octanol–water partition coefficient (Wildman–Crippen LogP) is 8.28. The highest BCUT2D eigenvalue weighted by Gasteiger charge is 2.30. The van der Waals surface area contributed by atoms with Crippen LogP contribution in [0, 0.1) is 0 Å². The van der Waals surface area contributed by atoms with Crippen LogP contribution < -0.4 is 9.80 Å². The minimum absolute atomic E-state index is 0.0231. The largest absolute Gasteiger partial charge is 0.508 e. The molecule has 0 fully saturated rings. The number of phenolic OH excluding ortho intramolecular Hbond substituents is 4. The third kappa shape index (κ3) is 5.84. The van der Waals surface area contributed by atoms with E-state index in [4.69, 9.17) is 0 Å². The predicted molar refractivity (Wildman–Crippen MR) is 174 cm³/mol. The molecule has 0 aliphatic carbocycles. The van der Waals surface area contributed by atoms with Crippen molar-refractivity contribution in [3.63, 3.8) is 0 Å². The van der Waals surface area contributed by atoms with Crippen LogP contribution in [0.1, 0.15) is 0 Å². The van der Waals surface area contributed by atoms with Crippen LogP contribution in [-0.2, 0) is 9.84 Å². The van der Waals surface area contributed by atoms with E-state index in [0.29, 0.717) is 34.1 Å². The molecule has 0 radical (unpaired) electrons. The number of rotatable bonds is 8. The Morgan fingerprint density at radius 2 is 0.600 bits per heavy atom. The van der Waals surface area contributed by atoms with E-state index in [0.717, 1.165) is 0 Å². The minimum Gasteiger partial charge on any atom is -0.508 e. The molecule has 6 rings (SSSR count). The summed E-state index contributed by atoms with van der Waals surface area (Å²) in [5.41, 5.74) is 3.05. The van der Waals surface area contributed by atoms with Crippen LogP contribution in [0.25, 0.3) is 0 Å². The lowest BCUT2D eigenvalue weighted by molar-refractivity contribution is 0.474. The average molecular weight is 617 g/mol. The zero-order valence-electron chi connectivity index (χ0n) is 23.8. The Bertz CT molecular complexity index is 1810. The fourth-order valence-electron chi connectivity index (χ4n) is 5.12. The van der Waals surface area contributed by atoms with Crippen molar-refractivity contribution in [2.45, 2.75) is 9.79 Å². The van der Waals surface area contributed by atoms with Crippen molar-refractivity contribution in [3.8, 4) is 23.0 Å². The number of aromatic hydroxyl groups is 4. The molecule has 0 heterocycles. The first-order chi connectivity index (χ1) is 21.7. The monoisotopic (exact) mass is 616 g/mol. The highest BCUT2D eigenvalue weighted by atomic mass is 32.2. The maximum absolute atomic E-state index is 14.8. The Morgan fingerprint density at radius 3 is 0.867 bits per heavy atom. The maximum atomic E-state index is 14.8.